The average Bonchev–Trinajstić information content (AvgIpc) is 2.53. The monoisotopic (exact) mass is 294 g/mol. The molecule has 0 spiro atoms. The van der Waals surface area contributed by atoms with Gasteiger partial charge in [-0.1, -0.05) is 6.07 Å². The molecular formula is C17H30N2O2+2. The van der Waals surface area contributed by atoms with Crippen LogP contribution in [0.2, 0.25) is 0 Å². The highest BCUT2D eigenvalue weighted by atomic mass is 16.5. The lowest BCUT2D eigenvalue weighted by molar-refractivity contribution is -1.01. The number of quaternary nitrogens is 2. The lowest BCUT2D eigenvalue weighted by Gasteiger charge is -2.28. The van der Waals surface area contributed by atoms with Crippen molar-refractivity contribution >= 4 is 0 Å². The molecule has 0 unspecified atom stereocenters. The van der Waals surface area contributed by atoms with E-state index in [-0.39, 0.29) is 0 Å². The second kappa shape index (κ2) is 8.90. The third-order valence-electron chi connectivity index (χ3n) is 4.22. The van der Waals surface area contributed by atoms with Gasteiger partial charge in [0, 0.05) is 12.5 Å². The topological polar surface area (TPSA) is 27.3 Å². The van der Waals surface area contributed by atoms with Crippen LogP contribution in [-0.4, -0.2) is 52.5 Å². The molecule has 0 radical (unpaired) electrons. The molecule has 0 saturated carbocycles. The molecule has 1 fully saturated rings. The Morgan fingerprint density at radius 1 is 0.952 bits per heavy atom. The van der Waals surface area contributed by atoms with E-state index >= 15 is 0 Å². The summed E-state index contributed by atoms with van der Waals surface area (Å²) in [4.78, 5) is 3.49. The number of rotatable bonds is 8. The van der Waals surface area contributed by atoms with Gasteiger partial charge >= 0.3 is 0 Å². The quantitative estimate of drug-likeness (QED) is 0.642. The summed E-state index contributed by atoms with van der Waals surface area (Å²) in [5.74, 6) is 1.80. The van der Waals surface area contributed by atoms with Crippen molar-refractivity contribution in [2.75, 3.05) is 52.5 Å². The molecule has 0 aliphatic carbocycles. The Hall–Kier alpha value is -1.26. The first-order valence-corrected chi connectivity index (χ1v) is 8.34. The zero-order chi connectivity index (χ0) is 14.9. The van der Waals surface area contributed by atoms with Gasteiger partial charge in [0.15, 0.2) is 0 Å². The molecule has 1 aliphatic heterocycles. The van der Waals surface area contributed by atoms with Gasteiger partial charge in [0.05, 0.1) is 26.3 Å². The standard InChI is InChI=1S/C17H28N2O2/c1-3-18-10-12-19(13-11-18)9-6-14-21-17-8-5-7-16(15-17)20-4-2/h5,7-8,15H,3-4,6,9-14H2,1-2H3/p+2. The summed E-state index contributed by atoms with van der Waals surface area (Å²) in [6.45, 7) is 13.5. The van der Waals surface area contributed by atoms with E-state index in [1.807, 2.05) is 31.2 Å². The summed E-state index contributed by atoms with van der Waals surface area (Å²) in [6, 6.07) is 7.92. The number of hydrogen-bond donors (Lipinski definition) is 2. The third kappa shape index (κ3) is 5.56. The summed E-state index contributed by atoms with van der Waals surface area (Å²) in [5.41, 5.74) is 0. The van der Waals surface area contributed by atoms with Crippen LogP contribution in [0, 0.1) is 0 Å². The highest BCUT2D eigenvalue weighted by Crippen LogP contribution is 2.19. The van der Waals surface area contributed by atoms with Crippen molar-refractivity contribution in [1.82, 2.24) is 0 Å². The zero-order valence-corrected chi connectivity index (χ0v) is 13.5. The Labute approximate surface area is 128 Å². The lowest BCUT2D eigenvalue weighted by Crippen LogP contribution is -3.28. The maximum atomic E-state index is 5.83. The number of benzene rings is 1. The van der Waals surface area contributed by atoms with Crippen LogP contribution in [-0.2, 0) is 0 Å². The van der Waals surface area contributed by atoms with Crippen LogP contribution in [0.5, 0.6) is 11.5 Å². The Morgan fingerprint density at radius 2 is 1.62 bits per heavy atom. The highest BCUT2D eigenvalue weighted by Gasteiger charge is 2.20. The van der Waals surface area contributed by atoms with Crippen molar-refractivity contribution in [3.8, 4) is 11.5 Å². The second-order valence-electron chi connectivity index (χ2n) is 5.71. The molecule has 0 atom stereocenters. The molecule has 2 N–H and O–H groups in total. The molecule has 1 aromatic rings. The largest absolute Gasteiger partial charge is 0.494 e. The van der Waals surface area contributed by atoms with Gasteiger partial charge in [-0.05, 0) is 26.0 Å². The van der Waals surface area contributed by atoms with Crippen LogP contribution >= 0.6 is 0 Å². The maximum absolute atomic E-state index is 5.83. The Bertz CT molecular complexity index is 404. The minimum Gasteiger partial charge on any atom is -0.494 e. The van der Waals surface area contributed by atoms with Gasteiger partial charge in [0.25, 0.3) is 0 Å². The summed E-state index contributed by atoms with van der Waals surface area (Å²) >= 11 is 0. The van der Waals surface area contributed by atoms with Crippen molar-refractivity contribution in [2.24, 2.45) is 0 Å². The van der Waals surface area contributed by atoms with Crippen molar-refractivity contribution in [3.05, 3.63) is 24.3 Å². The number of hydrogen-bond acceptors (Lipinski definition) is 2. The Balaban J connectivity index is 1.62. The summed E-state index contributed by atoms with van der Waals surface area (Å²) in [7, 11) is 0. The minimum atomic E-state index is 0.693. The molecule has 4 nitrogen and oxygen atoms in total. The number of piperazine rings is 1. The minimum absolute atomic E-state index is 0.693. The van der Waals surface area contributed by atoms with E-state index in [4.69, 9.17) is 9.47 Å². The van der Waals surface area contributed by atoms with Gasteiger partial charge in [-0.15, -0.1) is 0 Å². The van der Waals surface area contributed by atoms with E-state index in [2.05, 4.69) is 6.92 Å². The lowest BCUT2D eigenvalue weighted by atomic mass is 10.3. The summed E-state index contributed by atoms with van der Waals surface area (Å²) in [5, 5.41) is 0. The fourth-order valence-corrected chi connectivity index (χ4v) is 2.89. The molecule has 0 aromatic heterocycles. The van der Waals surface area contributed by atoms with Crippen LogP contribution in [0.4, 0.5) is 0 Å². The summed E-state index contributed by atoms with van der Waals surface area (Å²) in [6.07, 6.45) is 1.12. The van der Waals surface area contributed by atoms with Crippen LogP contribution in [0.1, 0.15) is 20.3 Å². The van der Waals surface area contributed by atoms with E-state index in [0.717, 1.165) is 24.5 Å². The molecular weight excluding hydrogens is 264 g/mol. The van der Waals surface area contributed by atoms with Gasteiger partial charge in [0.1, 0.15) is 37.7 Å². The molecule has 21 heavy (non-hydrogen) atoms. The van der Waals surface area contributed by atoms with E-state index in [0.29, 0.717) is 6.61 Å². The molecule has 1 aliphatic rings. The van der Waals surface area contributed by atoms with Crippen molar-refractivity contribution < 1.29 is 19.3 Å². The first-order chi connectivity index (χ1) is 10.3. The SMILES string of the molecule is CCOc1cccc(OCCC[NH+]2CC[NH+](CC)CC2)c1. The molecule has 0 amide bonds. The third-order valence-corrected chi connectivity index (χ3v) is 4.22. The van der Waals surface area contributed by atoms with Gasteiger partial charge in [-0.2, -0.15) is 0 Å². The van der Waals surface area contributed by atoms with Crippen molar-refractivity contribution in [3.63, 3.8) is 0 Å². The van der Waals surface area contributed by atoms with Gasteiger partial charge < -0.3 is 19.3 Å². The highest BCUT2D eigenvalue weighted by molar-refractivity contribution is 5.32. The zero-order valence-electron chi connectivity index (χ0n) is 13.5. The number of nitrogens with one attached hydrogen (secondary N) is 2. The molecule has 1 saturated heterocycles. The molecule has 1 aromatic carbocycles. The first-order valence-electron chi connectivity index (χ1n) is 8.34. The van der Waals surface area contributed by atoms with Gasteiger partial charge in [-0.25, -0.2) is 0 Å². The van der Waals surface area contributed by atoms with Crippen LogP contribution in [0.15, 0.2) is 24.3 Å². The van der Waals surface area contributed by atoms with Crippen LogP contribution < -0.4 is 19.3 Å². The first kappa shape index (κ1) is 16.1. The average molecular weight is 294 g/mol. The molecule has 4 heteroatoms. The predicted octanol–water partition coefficient (Wildman–Crippen LogP) is -0.342. The van der Waals surface area contributed by atoms with E-state index in [1.54, 1.807) is 9.80 Å². The molecule has 118 valence electrons. The molecule has 1 heterocycles. The van der Waals surface area contributed by atoms with Crippen LogP contribution in [0.3, 0.4) is 0 Å². The molecule has 0 bridgehead atoms. The summed E-state index contributed by atoms with van der Waals surface area (Å²) < 4.78 is 11.3. The number of likely N-dealkylation sites (N-methyl/N-ethyl adjacent to an activating group) is 1. The van der Waals surface area contributed by atoms with E-state index in [9.17, 15) is 0 Å². The Morgan fingerprint density at radius 3 is 2.29 bits per heavy atom. The fourth-order valence-electron chi connectivity index (χ4n) is 2.89. The second-order valence-corrected chi connectivity index (χ2v) is 5.71. The van der Waals surface area contributed by atoms with Crippen molar-refractivity contribution in [2.45, 2.75) is 20.3 Å². The fraction of sp³-hybridized carbons (Fsp3) is 0.647. The normalized spacial score (nSPS) is 22.0. The van der Waals surface area contributed by atoms with Gasteiger partial charge in [0.2, 0.25) is 0 Å². The van der Waals surface area contributed by atoms with Crippen LogP contribution in [0.25, 0.3) is 0 Å². The Kier molecular flexibility index (Phi) is 6.83. The van der Waals surface area contributed by atoms with Crippen molar-refractivity contribution in [1.29, 1.82) is 0 Å². The van der Waals surface area contributed by atoms with Gasteiger partial charge in [-0.3, -0.25) is 0 Å². The molecule has 2 rings (SSSR count). The van der Waals surface area contributed by atoms with E-state index in [1.165, 1.54) is 39.3 Å². The smallest absolute Gasteiger partial charge is 0.127 e. The maximum Gasteiger partial charge on any atom is 0.127 e. The van der Waals surface area contributed by atoms with E-state index < -0.39 is 0 Å². The predicted molar refractivity (Wildman–Crippen MR) is 84.5 cm³/mol. The number of ether oxygens (including phenoxy) is 2.